The summed E-state index contributed by atoms with van der Waals surface area (Å²) in [5.74, 6) is 0. The predicted octanol–water partition coefficient (Wildman–Crippen LogP) is 1.33. The first kappa shape index (κ1) is 13.6. The van der Waals surface area contributed by atoms with Crippen molar-refractivity contribution in [3.8, 4) is 0 Å². The van der Waals surface area contributed by atoms with Gasteiger partial charge in [0, 0.05) is 31.6 Å². The lowest BCUT2D eigenvalue weighted by Crippen LogP contribution is -2.23. The predicted molar refractivity (Wildman–Crippen MR) is 67.7 cm³/mol. The van der Waals surface area contributed by atoms with Crippen LogP contribution >= 0.6 is 11.3 Å². The largest absolute Gasteiger partial charge is 0.380 e. The number of hydrogen-bond donors (Lipinski definition) is 1. The second-order valence-electron chi connectivity index (χ2n) is 3.70. The van der Waals surface area contributed by atoms with Crippen LogP contribution in [0.2, 0.25) is 0 Å². The molecule has 1 heterocycles. The lowest BCUT2D eigenvalue weighted by Gasteiger charge is -2.14. The molecule has 0 aliphatic heterocycles. The first-order chi connectivity index (χ1) is 7.76. The number of nitrogens with one attached hydrogen (secondary N) is 1. The van der Waals surface area contributed by atoms with Crippen LogP contribution in [0.15, 0.2) is 5.38 Å². The zero-order valence-electron chi connectivity index (χ0n) is 10.3. The van der Waals surface area contributed by atoms with E-state index in [1.54, 1.807) is 11.3 Å². The van der Waals surface area contributed by atoms with E-state index in [1.165, 1.54) is 0 Å². The van der Waals surface area contributed by atoms with Crippen LogP contribution in [-0.2, 0) is 17.8 Å². The fraction of sp³-hybridized carbons (Fsp3) is 0.727. The van der Waals surface area contributed by atoms with Crippen LogP contribution < -0.4 is 5.32 Å². The normalized spacial score (nSPS) is 11.2. The quantitative estimate of drug-likeness (QED) is 0.699. The van der Waals surface area contributed by atoms with E-state index in [-0.39, 0.29) is 0 Å². The minimum atomic E-state index is 0.789. The maximum atomic E-state index is 5.32. The molecule has 4 nitrogen and oxygen atoms in total. The van der Waals surface area contributed by atoms with Crippen molar-refractivity contribution in [1.29, 1.82) is 0 Å². The Morgan fingerprint density at radius 3 is 3.06 bits per heavy atom. The van der Waals surface area contributed by atoms with Crippen molar-refractivity contribution in [2.45, 2.75) is 20.0 Å². The Morgan fingerprint density at radius 1 is 1.56 bits per heavy atom. The third-order valence-electron chi connectivity index (χ3n) is 2.18. The van der Waals surface area contributed by atoms with Gasteiger partial charge in [-0.2, -0.15) is 0 Å². The van der Waals surface area contributed by atoms with Crippen molar-refractivity contribution in [3.63, 3.8) is 0 Å². The van der Waals surface area contributed by atoms with Gasteiger partial charge in [-0.1, -0.05) is 0 Å². The van der Waals surface area contributed by atoms with Gasteiger partial charge in [-0.15, -0.1) is 11.3 Å². The highest BCUT2D eigenvalue weighted by molar-refractivity contribution is 7.09. The van der Waals surface area contributed by atoms with Crippen LogP contribution in [0.25, 0.3) is 0 Å². The van der Waals surface area contributed by atoms with Crippen LogP contribution in [-0.4, -0.2) is 43.7 Å². The minimum absolute atomic E-state index is 0.789. The molecule has 0 saturated carbocycles. The second-order valence-corrected chi connectivity index (χ2v) is 4.64. The summed E-state index contributed by atoms with van der Waals surface area (Å²) in [4.78, 5) is 6.77. The maximum Gasteiger partial charge on any atom is 0.107 e. The second kappa shape index (κ2) is 7.73. The summed E-state index contributed by atoms with van der Waals surface area (Å²) in [6, 6.07) is 0. The molecular weight excluding hydrogens is 222 g/mol. The van der Waals surface area contributed by atoms with Gasteiger partial charge in [-0.05, 0) is 21.0 Å². The number of nitrogens with zero attached hydrogens (tertiary/aromatic N) is 2. The molecule has 92 valence electrons. The van der Waals surface area contributed by atoms with E-state index in [1.807, 2.05) is 14.0 Å². The summed E-state index contributed by atoms with van der Waals surface area (Å²) in [5.41, 5.74) is 1.15. The zero-order chi connectivity index (χ0) is 11.8. The average molecular weight is 243 g/mol. The van der Waals surface area contributed by atoms with E-state index in [4.69, 9.17) is 4.74 Å². The topological polar surface area (TPSA) is 37.4 Å². The summed E-state index contributed by atoms with van der Waals surface area (Å²) in [6.07, 6.45) is 0. The van der Waals surface area contributed by atoms with Crippen LogP contribution in [0, 0.1) is 0 Å². The van der Waals surface area contributed by atoms with Gasteiger partial charge < -0.3 is 10.1 Å². The van der Waals surface area contributed by atoms with Gasteiger partial charge in [0.1, 0.15) is 5.01 Å². The molecule has 0 aromatic carbocycles. The van der Waals surface area contributed by atoms with Crippen molar-refractivity contribution in [3.05, 3.63) is 16.1 Å². The lowest BCUT2D eigenvalue weighted by molar-refractivity contribution is 0.120. The van der Waals surface area contributed by atoms with Crippen molar-refractivity contribution in [1.82, 2.24) is 15.2 Å². The molecule has 0 amide bonds. The molecule has 1 N–H and O–H groups in total. The highest BCUT2D eigenvalue weighted by atomic mass is 32.1. The molecule has 5 heteroatoms. The molecule has 16 heavy (non-hydrogen) atoms. The Labute approximate surface area is 102 Å². The minimum Gasteiger partial charge on any atom is -0.380 e. The third-order valence-corrected chi connectivity index (χ3v) is 3.08. The monoisotopic (exact) mass is 243 g/mol. The molecule has 0 fully saturated rings. The van der Waals surface area contributed by atoms with E-state index in [2.05, 4.69) is 27.6 Å². The van der Waals surface area contributed by atoms with Crippen molar-refractivity contribution >= 4 is 11.3 Å². The molecule has 0 aliphatic rings. The summed E-state index contributed by atoms with van der Waals surface area (Å²) >= 11 is 1.71. The standard InChI is InChI=1S/C11H21N3OS/c1-4-15-6-5-14(3)8-10-9-16-11(13-10)7-12-2/h9,12H,4-8H2,1-3H3. The Hall–Kier alpha value is -0.490. The summed E-state index contributed by atoms with van der Waals surface area (Å²) in [7, 11) is 4.03. The fourth-order valence-corrected chi connectivity index (χ4v) is 2.17. The van der Waals surface area contributed by atoms with E-state index in [0.29, 0.717) is 0 Å². The van der Waals surface area contributed by atoms with Gasteiger partial charge in [-0.25, -0.2) is 4.98 Å². The third kappa shape index (κ3) is 5.03. The Kier molecular flexibility index (Phi) is 6.56. The van der Waals surface area contributed by atoms with Gasteiger partial charge in [0.25, 0.3) is 0 Å². The lowest BCUT2D eigenvalue weighted by atomic mass is 10.4. The summed E-state index contributed by atoms with van der Waals surface area (Å²) in [6.45, 7) is 6.30. The molecule has 0 bridgehead atoms. The molecule has 0 radical (unpaired) electrons. The first-order valence-corrected chi connectivity index (χ1v) is 6.48. The zero-order valence-corrected chi connectivity index (χ0v) is 11.1. The molecule has 0 atom stereocenters. The van der Waals surface area contributed by atoms with Gasteiger partial charge in [0.2, 0.25) is 0 Å². The van der Waals surface area contributed by atoms with Crippen molar-refractivity contribution in [2.75, 3.05) is 33.9 Å². The first-order valence-electron chi connectivity index (χ1n) is 5.60. The highest BCUT2D eigenvalue weighted by Gasteiger charge is 2.04. The number of ether oxygens (including phenoxy) is 1. The van der Waals surface area contributed by atoms with Crippen LogP contribution in [0.3, 0.4) is 0 Å². The van der Waals surface area contributed by atoms with Gasteiger partial charge in [0.05, 0.1) is 12.3 Å². The smallest absolute Gasteiger partial charge is 0.107 e. The van der Waals surface area contributed by atoms with E-state index in [0.717, 1.165) is 43.5 Å². The number of aromatic nitrogens is 1. The van der Waals surface area contributed by atoms with Crippen LogP contribution in [0.5, 0.6) is 0 Å². The molecule has 0 saturated heterocycles. The number of rotatable bonds is 8. The Bertz CT molecular complexity index is 291. The Morgan fingerprint density at radius 2 is 2.38 bits per heavy atom. The molecule has 1 rings (SSSR count). The SMILES string of the molecule is CCOCCN(C)Cc1csc(CNC)n1. The molecule has 0 unspecified atom stereocenters. The molecular formula is C11H21N3OS. The molecule has 1 aromatic rings. The fourth-order valence-electron chi connectivity index (χ4n) is 1.37. The van der Waals surface area contributed by atoms with E-state index < -0.39 is 0 Å². The van der Waals surface area contributed by atoms with Crippen LogP contribution in [0.4, 0.5) is 0 Å². The maximum absolute atomic E-state index is 5.32. The summed E-state index contributed by atoms with van der Waals surface area (Å²) < 4.78 is 5.32. The van der Waals surface area contributed by atoms with Crippen molar-refractivity contribution in [2.24, 2.45) is 0 Å². The average Bonchev–Trinajstić information content (AvgIpc) is 2.66. The number of likely N-dealkylation sites (N-methyl/N-ethyl adjacent to an activating group) is 1. The number of thiazole rings is 1. The van der Waals surface area contributed by atoms with E-state index >= 15 is 0 Å². The molecule has 1 aromatic heterocycles. The number of hydrogen-bond acceptors (Lipinski definition) is 5. The van der Waals surface area contributed by atoms with Gasteiger partial charge >= 0.3 is 0 Å². The highest BCUT2D eigenvalue weighted by Crippen LogP contribution is 2.10. The van der Waals surface area contributed by atoms with Gasteiger partial charge in [-0.3, -0.25) is 4.90 Å². The Balaban J connectivity index is 2.28. The van der Waals surface area contributed by atoms with E-state index in [9.17, 15) is 0 Å². The summed E-state index contributed by atoms with van der Waals surface area (Å²) in [5, 5.41) is 6.38. The molecule has 0 spiro atoms. The van der Waals surface area contributed by atoms with Crippen LogP contribution in [0.1, 0.15) is 17.6 Å². The van der Waals surface area contributed by atoms with Gasteiger partial charge in [0.15, 0.2) is 0 Å². The molecule has 0 aliphatic carbocycles. The van der Waals surface area contributed by atoms with Crippen molar-refractivity contribution < 1.29 is 4.74 Å².